The first-order chi connectivity index (χ1) is 10.2. The highest BCUT2D eigenvalue weighted by molar-refractivity contribution is 6.32. The first kappa shape index (κ1) is 14.4. The van der Waals surface area contributed by atoms with Crippen molar-refractivity contribution in [1.82, 2.24) is 4.98 Å². The maximum atomic E-state index is 11.9. The molecule has 1 fully saturated rings. The third-order valence-corrected chi connectivity index (χ3v) is 4.15. The third-order valence-electron chi connectivity index (χ3n) is 3.85. The Balaban J connectivity index is 1.88. The molecule has 21 heavy (non-hydrogen) atoms. The van der Waals surface area contributed by atoms with E-state index in [1.807, 2.05) is 19.1 Å². The van der Waals surface area contributed by atoms with E-state index in [4.69, 9.17) is 21.1 Å². The van der Waals surface area contributed by atoms with E-state index >= 15 is 0 Å². The van der Waals surface area contributed by atoms with Crippen molar-refractivity contribution < 1.29 is 9.47 Å². The summed E-state index contributed by atoms with van der Waals surface area (Å²) in [4.78, 5) is 14.8. The van der Waals surface area contributed by atoms with Crippen molar-refractivity contribution in [3.8, 4) is 5.75 Å². The van der Waals surface area contributed by atoms with Crippen LogP contribution in [0.25, 0.3) is 10.9 Å². The number of ether oxygens (including phenoxy) is 2. The van der Waals surface area contributed by atoms with Gasteiger partial charge in [0.05, 0.1) is 23.8 Å². The summed E-state index contributed by atoms with van der Waals surface area (Å²) >= 11 is 6.28. The largest absolute Gasteiger partial charge is 0.492 e. The van der Waals surface area contributed by atoms with Crippen molar-refractivity contribution in [1.29, 1.82) is 0 Å². The number of aromatic amines is 1. The zero-order valence-corrected chi connectivity index (χ0v) is 12.7. The number of nitrogens with one attached hydrogen (secondary N) is 1. The molecule has 3 rings (SSSR count). The van der Waals surface area contributed by atoms with Gasteiger partial charge in [0.1, 0.15) is 5.75 Å². The molecule has 1 aliphatic rings. The van der Waals surface area contributed by atoms with Crippen LogP contribution in [-0.4, -0.2) is 24.8 Å². The van der Waals surface area contributed by atoms with Gasteiger partial charge in [-0.1, -0.05) is 18.5 Å². The summed E-state index contributed by atoms with van der Waals surface area (Å²) in [5, 5.41) is 1.49. The summed E-state index contributed by atoms with van der Waals surface area (Å²) in [6.07, 6.45) is 1.71. The number of pyridine rings is 1. The number of benzene rings is 1. The molecule has 0 radical (unpaired) electrons. The van der Waals surface area contributed by atoms with Gasteiger partial charge in [0.2, 0.25) is 0 Å². The number of rotatable bonds is 4. The van der Waals surface area contributed by atoms with Gasteiger partial charge in [-0.2, -0.15) is 0 Å². The number of hydrogen-bond donors (Lipinski definition) is 1. The van der Waals surface area contributed by atoms with E-state index in [0.717, 1.165) is 36.1 Å². The average molecular weight is 308 g/mol. The van der Waals surface area contributed by atoms with Crippen LogP contribution in [0.15, 0.2) is 23.0 Å². The van der Waals surface area contributed by atoms with Crippen LogP contribution in [0.3, 0.4) is 0 Å². The lowest BCUT2D eigenvalue weighted by atomic mass is 10.1. The van der Waals surface area contributed by atoms with Crippen LogP contribution in [-0.2, 0) is 11.2 Å². The highest BCUT2D eigenvalue weighted by atomic mass is 35.5. The molecule has 1 N–H and O–H groups in total. The molecule has 1 atom stereocenters. The Morgan fingerprint density at radius 3 is 3.00 bits per heavy atom. The second-order valence-electron chi connectivity index (χ2n) is 5.39. The molecule has 1 saturated heterocycles. The summed E-state index contributed by atoms with van der Waals surface area (Å²) in [6.45, 7) is 4.08. The molecule has 1 aliphatic heterocycles. The van der Waals surface area contributed by atoms with Gasteiger partial charge in [0.25, 0.3) is 5.56 Å². The molecular weight excluding hydrogens is 290 g/mol. The van der Waals surface area contributed by atoms with Gasteiger partial charge in [0, 0.05) is 29.5 Å². The summed E-state index contributed by atoms with van der Waals surface area (Å²) in [5.41, 5.74) is 1.46. The molecule has 0 bridgehead atoms. The van der Waals surface area contributed by atoms with Crippen molar-refractivity contribution in [2.24, 2.45) is 5.92 Å². The molecule has 2 aromatic rings. The fourth-order valence-corrected chi connectivity index (χ4v) is 2.77. The maximum absolute atomic E-state index is 11.9. The number of aryl methyl sites for hydroxylation is 1. The first-order valence-corrected chi connectivity index (χ1v) is 7.61. The summed E-state index contributed by atoms with van der Waals surface area (Å²) in [5.74, 6) is 1.02. The number of aromatic nitrogens is 1. The zero-order chi connectivity index (χ0) is 14.8. The molecule has 0 spiro atoms. The molecule has 1 aromatic carbocycles. The van der Waals surface area contributed by atoms with E-state index in [9.17, 15) is 4.79 Å². The van der Waals surface area contributed by atoms with Crippen LogP contribution < -0.4 is 10.3 Å². The quantitative estimate of drug-likeness (QED) is 0.944. The van der Waals surface area contributed by atoms with Crippen LogP contribution >= 0.6 is 11.6 Å². The second-order valence-corrected chi connectivity index (χ2v) is 5.79. The van der Waals surface area contributed by atoms with Gasteiger partial charge in [-0.15, -0.1) is 0 Å². The molecule has 1 unspecified atom stereocenters. The fraction of sp³-hybridized carbons (Fsp3) is 0.438. The monoisotopic (exact) mass is 307 g/mol. The molecule has 5 heteroatoms. The topological polar surface area (TPSA) is 51.3 Å². The molecule has 112 valence electrons. The minimum Gasteiger partial charge on any atom is -0.492 e. The van der Waals surface area contributed by atoms with Gasteiger partial charge in [-0.25, -0.2) is 0 Å². The highest BCUT2D eigenvalue weighted by Crippen LogP contribution is 2.30. The van der Waals surface area contributed by atoms with Crippen molar-refractivity contribution in [3.63, 3.8) is 0 Å². The maximum Gasteiger partial charge on any atom is 0.251 e. The predicted octanol–water partition coefficient (Wildman–Crippen LogP) is 3.16. The molecular formula is C16H18ClNO3. The Kier molecular flexibility index (Phi) is 4.17. The summed E-state index contributed by atoms with van der Waals surface area (Å²) < 4.78 is 11.1. The van der Waals surface area contributed by atoms with Crippen molar-refractivity contribution >= 4 is 22.5 Å². The van der Waals surface area contributed by atoms with E-state index in [-0.39, 0.29) is 5.56 Å². The number of halogens is 1. The van der Waals surface area contributed by atoms with Crippen LogP contribution in [0.2, 0.25) is 5.02 Å². The average Bonchev–Trinajstić information content (AvgIpc) is 2.98. The second kappa shape index (κ2) is 6.08. The predicted molar refractivity (Wildman–Crippen MR) is 83.4 cm³/mol. The Labute approximate surface area is 128 Å². The lowest BCUT2D eigenvalue weighted by molar-refractivity contribution is 0.167. The molecule has 2 heterocycles. The molecule has 0 amide bonds. The fourth-order valence-electron chi connectivity index (χ4n) is 2.55. The summed E-state index contributed by atoms with van der Waals surface area (Å²) in [6, 6.07) is 5.52. The van der Waals surface area contributed by atoms with E-state index in [0.29, 0.717) is 29.7 Å². The number of H-pyrrole nitrogens is 1. The van der Waals surface area contributed by atoms with E-state index in [1.165, 1.54) is 0 Å². The van der Waals surface area contributed by atoms with Crippen LogP contribution in [0.5, 0.6) is 5.75 Å². The smallest absolute Gasteiger partial charge is 0.251 e. The van der Waals surface area contributed by atoms with Crippen LogP contribution in [0.4, 0.5) is 0 Å². The summed E-state index contributed by atoms with van der Waals surface area (Å²) in [7, 11) is 0. The molecule has 0 saturated carbocycles. The Morgan fingerprint density at radius 2 is 2.29 bits per heavy atom. The minimum absolute atomic E-state index is 0.0533. The lowest BCUT2D eigenvalue weighted by Crippen LogP contribution is -2.13. The number of hydrogen-bond acceptors (Lipinski definition) is 3. The minimum atomic E-state index is -0.0533. The third kappa shape index (κ3) is 3.06. The lowest BCUT2D eigenvalue weighted by Gasteiger charge is -2.12. The Morgan fingerprint density at radius 1 is 1.43 bits per heavy atom. The van der Waals surface area contributed by atoms with Gasteiger partial charge < -0.3 is 14.5 Å². The van der Waals surface area contributed by atoms with Gasteiger partial charge in [0.15, 0.2) is 0 Å². The zero-order valence-electron chi connectivity index (χ0n) is 11.9. The van der Waals surface area contributed by atoms with Gasteiger partial charge in [-0.3, -0.25) is 4.79 Å². The van der Waals surface area contributed by atoms with Crippen LogP contribution in [0, 0.1) is 5.92 Å². The van der Waals surface area contributed by atoms with Gasteiger partial charge >= 0.3 is 0 Å². The number of fused-ring (bicyclic) bond motifs is 1. The van der Waals surface area contributed by atoms with Crippen LogP contribution in [0.1, 0.15) is 18.9 Å². The SMILES string of the molecule is CCc1cc2cc(Cl)c(OCC3CCOC3)cc2[nH]c1=O. The molecule has 0 aliphatic carbocycles. The standard InChI is InChI=1S/C16H18ClNO3/c1-2-11-5-12-6-13(17)15(7-14(12)18-16(11)19)21-9-10-3-4-20-8-10/h5-7,10H,2-4,8-9H2,1H3,(H,18,19). The highest BCUT2D eigenvalue weighted by Gasteiger charge is 2.17. The Hall–Kier alpha value is -1.52. The normalized spacial score (nSPS) is 18.3. The molecule has 4 nitrogen and oxygen atoms in total. The van der Waals surface area contributed by atoms with E-state index in [2.05, 4.69) is 4.98 Å². The van der Waals surface area contributed by atoms with Crippen molar-refractivity contribution in [2.75, 3.05) is 19.8 Å². The van der Waals surface area contributed by atoms with Crippen molar-refractivity contribution in [2.45, 2.75) is 19.8 Å². The van der Waals surface area contributed by atoms with E-state index in [1.54, 1.807) is 6.07 Å². The first-order valence-electron chi connectivity index (χ1n) is 7.23. The van der Waals surface area contributed by atoms with Gasteiger partial charge in [-0.05, 0) is 25.0 Å². The molecule has 1 aromatic heterocycles. The van der Waals surface area contributed by atoms with Crippen molar-refractivity contribution in [3.05, 3.63) is 39.1 Å². The van der Waals surface area contributed by atoms with E-state index < -0.39 is 0 Å². The Bertz CT molecular complexity index is 704.